The van der Waals surface area contributed by atoms with Crippen molar-refractivity contribution in [3.8, 4) is 50.9 Å². The van der Waals surface area contributed by atoms with Crippen LogP contribution >= 0.6 is 0 Å². The quantitative estimate of drug-likeness (QED) is 0.0560. The van der Waals surface area contributed by atoms with E-state index in [1.807, 2.05) is 78.9 Å². The van der Waals surface area contributed by atoms with E-state index in [2.05, 4.69) is 98.4 Å². The number of aromatic nitrogens is 4. The van der Waals surface area contributed by atoms with Gasteiger partial charge in [-0.3, -0.25) is 4.57 Å². The Bertz CT molecular complexity index is 5810. The zero-order valence-electron chi connectivity index (χ0n) is 73.5. The fourth-order valence-electron chi connectivity index (χ4n) is 12.2. The van der Waals surface area contributed by atoms with Gasteiger partial charge in [0.2, 0.25) is 0 Å². The fraction of sp³-hybridized carbons (Fsp3) is 0.195. The molecule has 444 valence electrons. The monoisotopic (exact) mass is 1380 g/mol. The van der Waals surface area contributed by atoms with Crippen molar-refractivity contribution < 1.29 is 63.3 Å². The van der Waals surface area contributed by atoms with E-state index in [0.717, 1.165) is 42.6 Å². The Labute approximate surface area is 574 Å². The zero-order chi connectivity index (χ0) is 81.3. The summed E-state index contributed by atoms with van der Waals surface area (Å²) in [5.74, 6) is 1.10. The first-order valence-corrected chi connectivity index (χ1v) is 31.0. The number of hydrogen-bond donors (Lipinski definition) is 0. The Morgan fingerprint density at radius 3 is 1.82 bits per heavy atom. The first kappa shape index (κ1) is 37.4. The van der Waals surface area contributed by atoms with E-state index in [1.54, 1.807) is 74.0 Å². The molecule has 0 atom stereocenters. The average Bonchev–Trinajstić information content (AvgIpc) is 0.934. The van der Waals surface area contributed by atoms with Crippen molar-refractivity contribution in [3.63, 3.8) is 0 Å². The van der Waals surface area contributed by atoms with Crippen molar-refractivity contribution in [2.45, 2.75) is 103 Å². The smallest absolute Gasteiger partial charge is 0.268 e. The molecule has 0 saturated carbocycles. The molecule has 10 aromatic carbocycles. The van der Waals surface area contributed by atoms with Gasteiger partial charge in [-0.05, 0) is 108 Å². The molecule has 14 rings (SSSR count). The normalized spacial score (nSPS) is 19.6. The van der Waals surface area contributed by atoms with Crippen LogP contribution < -0.4 is 30.1 Å². The summed E-state index contributed by atoms with van der Waals surface area (Å²) in [5.41, 5.74) is -12.9. The molecule has 0 bridgehead atoms. The van der Waals surface area contributed by atoms with Gasteiger partial charge in [-0.2, -0.15) is 18.2 Å². The van der Waals surface area contributed by atoms with E-state index in [9.17, 15) is 12.3 Å². The van der Waals surface area contributed by atoms with Crippen molar-refractivity contribution in [1.29, 1.82) is 0 Å². The van der Waals surface area contributed by atoms with Crippen LogP contribution in [0.3, 0.4) is 0 Å². The van der Waals surface area contributed by atoms with Gasteiger partial charge in [-0.1, -0.05) is 284 Å². The van der Waals surface area contributed by atoms with Crippen LogP contribution in [0, 0.1) is 18.5 Å². The first-order chi connectivity index (χ1) is 52.3. The third-order valence-electron chi connectivity index (χ3n) is 16.6. The first-order valence-electron chi connectivity index (χ1n) is 41.0. The van der Waals surface area contributed by atoms with Crippen molar-refractivity contribution in [1.82, 2.24) is 14.1 Å². The van der Waals surface area contributed by atoms with E-state index in [4.69, 9.17) is 30.3 Å². The standard InChI is InChI=1S/C82H74N4OSi.Pt/c1-79(2,3)58-44-47-83-77(51-58)86-71-39-24-23-38-65(71)68-53-76(88(62-32-17-12-18-33-62,63-34-19-13-20-35-63)64-36-21-14-22-37-64)75(54-74(68)86)87-61-31-27-30-60(52-61)84-55-85(73-41-26-25-40-72(73)84)78-66(56-28-15-11-16-29-56)49-59(80(4,5)6)50-67(78)57-42-43-69-70(48-57)82(9,10)46-45-81(69,7)8;/h11-44,47-51,53H,45-46H2,1-10H3;/q-2;/i7D3,8D3,9D3,10D3,11D,15D,16D,28D,29D,42D,43D,45D2,46D2,48D;. The molecule has 0 saturated heterocycles. The molecule has 3 aromatic heterocycles. The van der Waals surface area contributed by atoms with Gasteiger partial charge in [-0.15, -0.1) is 28.8 Å². The van der Waals surface area contributed by atoms with Crippen LogP contribution in [0.1, 0.15) is 137 Å². The number of imidazole rings is 1. The summed E-state index contributed by atoms with van der Waals surface area (Å²) in [6.07, 6.45) is -4.10. The molecule has 1 aliphatic carbocycles. The summed E-state index contributed by atoms with van der Waals surface area (Å²) >= 11 is 0. The number of nitrogens with zero attached hydrogens (tertiary/aromatic N) is 4. The van der Waals surface area contributed by atoms with Gasteiger partial charge in [0.15, 0.2) is 0 Å². The Hall–Kier alpha value is -8.67. The van der Waals surface area contributed by atoms with Gasteiger partial charge in [0.1, 0.15) is 13.9 Å². The minimum Gasteiger partial charge on any atom is -0.510 e. The number of hydrogen-bond acceptors (Lipinski definition) is 2. The van der Waals surface area contributed by atoms with Crippen LogP contribution in [0.4, 0.5) is 0 Å². The molecule has 0 fully saturated rings. The van der Waals surface area contributed by atoms with E-state index in [0.29, 0.717) is 22.6 Å². The third kappa shape index (κ3) is 10.4. The summed E-state index contributed by atoms with van der Waals surface area (Å²) in [5, 5.41) is 5.63. The minimum atomic E-state index is -4.66. The maximum Gasteiger partial charge on any atom is 0.268 e. The summed E-state index contributed by atoms with van der Waals surface area (Å²) < 4.78 is 237. The Kier molecular flexibility index (Phi) is 9.54. The zero-order valence-corrected chi connectivity index (χ0v) is 52.8. The van der Waals surface area contributed by atoms with E-state index >= 15 is 0 Å². The predicted octanol–water partition coefficient (Wildman–Crippen LogP) is 17.2. The summed E-state index contributed by atoms with van der Waals surface area (Å²) in [4.78, 5) is 5.00. The Morgan fingerprint density at radius 2 is 1.18 bits per heavy atom. The molecule has 7 heteroatoms. The van der Waals surface area contributed by atoms with Crippen LogP contribution in [0.2, 0.25) is 0 Å². The third-order valence-corrected chi connectivity index (χ3v) is 21.3. The molecule has 0 amide bonds. The summed E-state index contributed by atoms with van der Waals surface area (Å²) in [7, 11) is -3.59. The predicted molar refractivity (Wildman–Crippen MR) is 367 cm³/mol. The van der Waals surface area contributed by atoms with Gasteiger partial charge in [0.05, 0.1) is 27.7 Å². The minimum absolute atomic E-state index is 0. The number of benzene rings is 10. The molecule has 5 nitrogen and oxygen atoms in total. The molecular formula is C82H74N4OPtSi-2. The second-order valence-electron chi connectivity index (χ2n) is 24.3. The van der Waals surface area contributed by atoms with Gasteiger partial charge >= 0.3 is 0 Å². The van der Waals surface area contributed by atoms with Gasteiger partial charge in [0, 0.05) is 66.2 Å². The number of pyridine rings is 1. The van der Waals surface area contributed by atoms with E-state index in [-0.39, 0.29) is 60.2 Å². The summed E-state index contributed by atoms with van der Waals surface area (Å²) in [6.45, 7) is -5.95. The van der Waals surface area contributed by atoms with Crippen molar-refractivity contribution in [2.75, 3.05) is 0 Å². The number of para-hydroxylation sites is 3. The van der Waals surface area contributed by atoms with E-state index < -0.39 is 141 Å². The SMILES string of the molecule is [2H]c1c([2H])c([2H])c(-c2cc(C(C)(C)C)cc(-c3c([2H])c([2H])c4c(c3[2H])C(C([2H])([2H])[2H])(C([2H])([2H])[2H])C([2H])([2H])C([2H])([2H])C4(C([2H])([2H])[2H])C([2H])([2H])[2H])c2-[n+]2[c-]n(-c3[c-]c(Oc4[c-]c5c(cc4[Si](c4ccccc4)(c4ccccc4)c4ccccc4)c4ccccc4n5-c4cc(C(C)(C)C)ccn4)ccc3)c3ccccc32)c([2H])c1[2H].[Pt]. The molecule has 3 heterocycles. The van der Waals surface area contributed by atoms with Crippen LogP contribution in [-0.2, 0) is 42.7 Å². The second kappa shape index (κ2) is 22.7. The average molecular weight is 1380 g/mol. The largest absolute Gasteiger partial charge is 0.510 e. The molecule has 13 aromatic rings. The molecule has 0 spiro atoms. The van der Waals surface area contributed by atoms with Gasteiger partial charge < -0.3 is 13.9 Å². The van der Waals surface area contributed by atoms with Crippen LogP contribution in [-0.4, -0.2) is 22.2 Å². The van der Waals surface area contributed by atoms with Crippen molar-refractivity contribution in [3.05, 3.63) is 283 Å². The molecule has 0 N–H and O–H groups in total. The van der Waals surface area contributed by atoms with Crippen molar-refractivity contribution >= 4 is 61.7 Å². The van der Waals surface area contributed by atoms with E-state index in [1.165, 1.54) is 16.7 Å². The number of fused-ring (bicyclic) bond motifs is 5. The molecular weight excluding hydrogens is 1280 g/mol. The maximum absolute atomic E-state index is 10.6. The van der Waals surface area contributed by atoms with Gasteiger partial charge in [-0.25, -0.2) is 4.98 Å². The number of rotatable bonds is 11. The molecule has 89 heavy (non-hydrogen) atoms. The fourth-order valence-corrected chi connectivity index (χ4v) is 17.0. The molecule has 0 unspecified atom stereocenters. The Balaban J connectivity index is 0.0000112. The van der Waals surface area contributed by atoms with Crippen LogP contribution in [0.15, 0.2) is 243 Å². The maximum atomic E-state index is 10.6. The summed E-state index contributed by atoms with van der Waals surface area (Å²) in [6, 6.07) is 58.7. The van der Waals surface area contributed by atoms with Gasteiger partial charge in [0.25, 0.3) is 6.33 Å². The number of ether oxygens (including phenoxy) is 1. The Morgan fingerprint density at radius 1 is 0.584 bits per heavy atom. The molecule has 0 aliphatic heterocycles. The van der Waals surface area contributed by atoms with Crippen LogP contribution in [0.5, 0.6) is 11.5 Å². The second-order valence-corrected chi connectivity index (χ2v) is 28.1. The van der Waals surface area contributed by atoms with Crippen LogP contribution in [0.25, 0.3) is 72.3 Å². The molecule has 0 radical (unpaired) electrons. The van der Waals surface area contributed by atoms with Crippen molar-refractivity contribution in [2.24, 2.45) is 0 Å². The molecule has 1 aliphatic rings. The topological polar surface area (TPSA) is 35.9 Å².